The number of rotatable bonds is 3. The minimum Gasteiger partial charge on any atom is -0.207 e. The van der Waals surface area contributed by atoms with Gasteiger partial charge in [0.1, 0.15) is 0 Å². The van der Waals surface area contributed by atoms with E-state index in [1.165, 1.54) is 4.31 Å². The maximum absolute atomic E-state index is 12.6. The molecule has 1 aromatic rings. The topological polar surface area (TPSA) is 61.2 Å². The molecule has 0 saturated carbocycles. The molecule has 5 heteroatoms. The second-order valence-electron chi connectivity index (χ2n) is 5.21. The molecule has 1 aliphatic heterocycles. The van der Waals surface area contributed by atoms with Gasteiger partial charge in [0.15, 0.2) is 0 Å². The van der Waals surface area contributed by atoms with Crippen molar-refractivity contribution in [3.8, 4) is 6.07 Å². The van der Waals surface area contributed by atoms with Crippen LogP contribution in [0.3, 0.4) is 0 Å². The third-order valence-electron chi connectivity index (χ3n) is 3.79. The Balaban J connectivity index is 2.38. The van der Waals surface area contributed by atoms with E-state index in [1.54, 1.807) is 37.3 Å². The fraction of sp³-hybridized carbons (Fsp3) is 0.312. The van der Waals surface area contributed by atoms with Crippen LogP contribution in [-0.2, 0) is 10.0 Å². The number of nitrogens with zero attached hydrogens (tertiary/aromatic N) is 2. The van der Waals surface area contributed by atoms with Crippen LogP contribution in [-0.4, -0.2) is 25.8 Å². The zero-order valence-electron chi connectivity index (χ0n) is 12.2. The van der Waals surface area contributed by atoms with Crippen LogP contribution in [0.5, 0.6) is 0 Å². The van der Waals surface area contributed by atoms with E-state index >= 15 is 0 Å². The normalized spacial score (nSPS) is 21.9. The van der Waals surface area contributed by atoms with Crippen LogP contribution in [0.2, 0.25) is 0 Å². The van der Waals surface area contributed by atoms with E-state index in [-0.39, 0.29) is 17.4 Å². The Kier molecular flexibility index (Phi) is 4.31. The molecule has 0 N–H and O–H groups in total. The summed E-state index contributed by atoms with van der Waals surface area (Å²) in [6.45, 7) is 7.97. The smallest absolute Gasteiger partial charge is 0.207 e. The number of hydrogen-bond acceptors (Lipinski definition) is 3. The van der Waals surface area contributed by atoms with E-state index < -0.39 is 10.0 Å². The molecule has 1 saturated heterocycles. The zero-order valence-corrected chi connectivity index (χ0v) is 13.0. The average molecular weight is 302 g/mol. The summed E-state index contributed by atoms with van der Waals surface area (Å²) in [5, 5.41) is 9.03. The van der Waals surface area contributed by atoms with Gasteiger partial charge in [0, 0.05) is 24.6 Å². The Morgan fingerprint density at radius 1 is 1.43 bits per heavy atom. The lowest BCUT2D eigenvalue weighted by Gasteiger charge is -2.15. The second-order valence-corrected chi connectivity index (χ2v) is 7.15. The van der Waals surface area contributed by atoms with Gasteiger partial charge in [-0.1, -0.05) is 23.8 Å². The van der Waals surface area contributed by atoms with Crippen molar-refractivity contribution in [1.82, 2.24) is 4.31 Å². The van der Waals surface area contributed by atoms with Gasteiger partial charge in [-0.05, 0) is 31.6 Å². The van der Waals surface area contributed by atoms with Crippen molar-refractivity contribution in [2.75, 3.05) is 13.1 Å². The summed E-state index contributed by atoms with van der Waals surface area (Å²) >= 11 is 0. The summed E-state index contributed by atoms with van der Waals surface area (Å²) in [7, 11) is -3.53. The number of sulfonamides is 1. The third kappa shape index (κ3) is 2.92. The molecule has 0 aromatic heterocycles. The van der Waals surface area contributed by atoms with Gasteiger partial charge in [0.2, 0.25) is 10.0 Å². The number of hydrogen-bond donors (Lipinski definition) is 0. The molecule has 4 nitrogen and oxygen atoms in total. The summed E-state index contributed by atoms with van der Waals surface area (Å²) in [4.78, 5) is 0.284. The first kappa shape index (κ1) is 15.5. The maximum Gasteiger partial charge on any atom is 0.243 e. The predicted octanol–water partition coefficient (Wildman–Crippen LogP) is 2.64. The van der Waals surface area contributed by atoms with Gasteiger partial charge in [-0.3, -0.25) is 0 Å². The molecule has 2 rings (SSSR count). The minimum atomic E-state index is -3.53. The lowest BCUT2D eigenvalue weighted by molar-refractivity contribution is 0.471. The SMILES string of the molecule is C=CC1CN(S(=O)(=O)c2ccc(C)cc2)C/C1=C(/C)C#N. The Labute approximate surface area is 126 Å². The van der Waals surface area contributed by atoms with Crippen molar-refractivity contribution in [1.29, 1.82) is 5.26 Å². The molecule has 1 unspecified atom stereocenters. The third-order valence-corrected chi connectivity index (χ3v) is 5.61. The van der Waals surface area contributed by atoms with Gasteiger partial charge in [0.05, 0.1) is 11.0 Å². The van der Waals surface area contributed by atoms with Crippen LogP contribution >= 0.6 is 0 Å². The van der Waals surface area contributed by atoms with Crippen LogP contribution in [0.1, 0.15) is 12.5 Å². The van der Waals surface area contributed by atoms with Crippen molar-refractivity contribution in [3.05, 3.63) is 53.6 Å². The van der Waals surface area contributed by atoms with Gasteiger partial charge in [-0.2, -0.15) is 9.57 Å². The Morgan fingerprint density at radius 3 is 2.57 bits per heavy atom. The summed E-state index contributed by atoms with van der Waals surface area (Å²) in [5.41, 5.74) is 2.42. The summed E-state index contributed by atoms with van der Waals surface area (Å²) in [6, 6.07) is 8.90. The van der Waals surface area contributed by atoms with E-state index in [4.69, 9.17) is 5.26 Å². The van der Waals surface area contributed by atoms with Crippen molar-refractivity contribution in [2.45, 2.75) is 18.7 Å². The Hall–Kier alpha value is -1.90. The Morgan fingerprint density at radius 2 is 2.05 bits per heavy atom. The van der Waals surface area contributed by atoms with Crippen LogP contribution in [0.4, 0.5) is 0 Å². The molecule has 0 spiro atoms. The number of allylic oxidation sites excluding steroid dienone is 1. The molecule has 1 heterocycles. The molecule has 0 aliphatic carbocycles. The van der Waals surface area contributed by atoms with Crippen LogP contribution in [0.15, 0.2) is 53.0 Å². The Bertz CT molecular complexity index is 725. The van der Waals surface area contributed by atoms with Crippen LogP contribution < -0.4 is 0 Å². The molecule has 110 valence electrons. The molecule has 1 aliphatic rings. The maximum atomic E-state index is 12.6. The van der Waals surface area contributed by atoms with E-state index in [0.717, 1.165) is 11.1 Å². The van der Waals surface area contributed by atoms with E-state index in [2.05, 4.69) is 12.6 Å². The van der Waals surface area contributed by atoms with Gasteiger partial charge in [0.25, 0.3) is 0 Å². The minimum absolute atomic E-state index is 0.0927. The van der Waals surface area contributed by atoms with E-state index in [9.17, 15) is 8.42 Å². The number of benzene rings is 1. The standard InChI is InChI=1S/C16H18N2O2S/c1-4-14-10-18(11-16(14)13(3)9-17)21(19,20)15-7-5-12(2)6-8-15/h4-8,14H,1,10-11H2,2-3H3/b16-13+. The lowest BCUT2D eigenvalue weighted by Crippen LogP contribution is -2.28. The summed E-state index contributed by atoms with van der Waals surface area (Å²) in [5.74, 6) is -0.0927. The number of nitriles is 1. The van der Waals surface area contributed by atoms with Crippen molar-refractivity contribution in [3.63, 3.8) is 0 Å². The summed E-state index contributed by atoms with van der Waals surface area (Å²) < 4.78 is 26.7. The molecule has 0 bridgehead atoms. The van der Waals surface area contributed by atoms with Crippen molar-refractivity contribution < 1.29 is 8.42 Å². The highest BCUT2D eigenvalue weighted by atomic mass is 32.2. The van der Waals surface area contributed by atoms with Crippen LogP contribution in [0.25, 0.3) is 0 Å². The molecule has 0 amide bonds. The number of aryl methyl sites for hydroxylation is 1. The highest BCUT2D eigenvalue weighted by molar-refractivity contribution is 7.89. The zero-order chi connectivity index (χ0) is 15.6. The average Bonchev–Trinajstić information content (AvgIpc) is 2.92. The second kappa shape index (κ2) is 5.84. The van der Waals surface area contributed by atoms with Crippen LogP contribution in [0, 0.1) is 24.2 Å². The van der Waals surface area contributed by atoms with E-state index in [0.29, 0.717) is 12.1 Å². The van der Waals surface area contributed by atoms with Gasteiger partial charge in [-0.25, -0.2) is 8.42 Å². The van der Waals surface area contributed by atoms with Crippen molar-refractivity contribution in [2.24, 2.45) is 5.92 Å². The fourth-order valence-electron chi connectivity index (χ4n) is 2.43. The van der Waals surface area contributed by atoms with Crippen molar-refractivity contribution >= 4 is 10.0 Å². The highest BCUT2D eigenvalue weighted by Crippen LogP contribution is 2.30. The summed E-state index contributed by atoms with van der Waals surface area (Å²) in [6.07, 6.45) is 1.71. The molecular weight excluding hydrogens is 284 g/mol. The highest BCUT2D eigenvalue weighted by Gasteiger charge is 2.35. The first-order valence-corrected chi connectivity index (χ1v) is 8.13. The quantitative estimate of drug-likeness (QED) is 0.637. The predicted molar refractivity (Wildman–Crippen MR) is 81.9 cm³/mol. The van der Waals surface area contributed by atoms with Gasteiger partial charge < -0.3 is 0 Å². The first-order chi connectivity index (χ1) is 9.90. The molecule has 21 heavy (non-hydrogen) atoms. The molecule has 0 radical (unpaired) electrons. The van der Waals surface area contributed by atoms with Gasteiger partial charge >= 0.3 is 0 Å². The largest absolute Gasteiger partial charge is 0.243 e. The van der Waals surface area contributed by atoms with Gasteiger partial charge in [-0.15, -0.1) is 6.58 Å². The first-order valence-electron chi connectivity index (χ1n) is 6.69. The molecule has 1 aromatic carbocycles. The molecule has 1 fully saturated rings. The lowest BCUT2D eigenvalue weighted by atomic mass is 9.99. The van der Waals surface area contributed by atoms with E-state index in [1.807, 2.05) is 6.92 Å². The fourth-order valence-corrected chi connectivity index (χ4v) is 3.87. The molecular formula is C16H18N2O2S. The monoisotopic (exact) mass is 302 g/mol. The molecule has 1 atom stereocenters.